The van der Waals surface area contributed by atoms with Gasteiger partial charge in [0.15, 0.2) is 5.16 Å². The molecular weight excluding hydrogens is 323 g/mol. The second kappa shape index (κ2) is 7.29. The van der Waals surface area contributed by atoms with E-state index in [1.54, 1.807) is 19.1 Å². The quantitative estimate of drug-likeness (QED) is 0.639. The van der Waals surface area contributed by atoms with E-state index in [0.29, 0.717) is 26.7 Å². The summed E-state index contributed by atoms with van der Waals surface area (Å²) < 4.78 is 14.0. The first-order valence-corrected chi connectivity index (χ1v) is 8.40. The van der Waals surface area contributed by atoms with Crippen LogP contribution in [0.1, 0.15) is 44.4 Å². The molecule has 2 atom stereocenters. The molecule has 0 amide bonds. The van der Waals surface area contributed by atoms with E-state index < -0.39 is 11.7 Å². The predicted octanol–water partition coefficient (Wildman–Crippen LogP) is 4.60. The molecule has 2 aromatic rings. The largest absolute Gasteiger partial charge is 0.301 e. The summed E-state index contributed by atoms with van der Waals surface area (Å²) in [6.07, 6.45) is 0.966. The number of hydrogen-bond acceptors (Lipinski definition) is 3. The molecule has 0 fully saturated rings. The van der Waals surface area contributed by atoms with Gasteiger partial charge in [0.1, 0.15) is 5.82 Å². The van der Waals surface area contributed by atoms with E-state index in [2.05, 4.69) is 23.8 Å². The van der Waals surface area contributed by atoms with Gasteiger partial charge in [-0.05, 0) is 18.6 Å². The van der Waals surface area contributed by atoms with Crippen molar-refractivity contribution in [3.63, 3.8) is 0 Å². The van der Waals surface area contributed by atoms with Gasteiger partial charge in [0.05, 0.1) is 5.69 Å². The van der Waals surface area contributed by atoms with Gasteiger partial charge in [-0.2, -0.15) is 0 Å². The second-order valence-electron chi connectivity index (χ2n) is 5.17. The number of thioether (sulfide) groups is 1. The fourth-order valence-corrected chi connectivity index (χ4v) is 3.27. The molecule has 2 rings (SSSR count). The Morgan fingerprint density at radius 2 is 2.14 bits per heavy atom. The first kappa shape index (κ1) is 17.0. The minimum Gasteiger partial charge on any atom is -0.301 e. The fourth-order valence-electron chi connectivity index (χ4n) is 2.08. The number of nitrogens with zero attached hydrogens (tertiary/aromatic N) is 1. The Bertz CT molecular complexity index is 699. The summed E-state index contributed by atoms with van der Waals surface area (Å²) in [4.78, 5) is 19.0. The standard InChI is InChI=1S/C16H18ClFN2OS/c1-4-9(2)22-16-19-13(8-14(21)20-16)10(3)15-11(17)6-5-7-12(15)18/h5-10H,4H2,1-3H3,(H,19,20,21)/t9-,10+/m1/s1. The molecule has 0 radical (unpaired) electrons. The molecular formula is C16H18ClFN2OS. The molecule has 0 aliphatic rings. The second-order valence-corrected chi connectivity index (χ2v) is 7.00. The minimum atomic E-state index is -0.396. The highest BCUT2D eigenvalue weighted by molar-refractivity contribution is 7.99. The van der Waals surface area contributed by atoms with Crippen LogP contribution in [0.3, 0.4) is 0 Å². The van der Waals surface area contributed by atoms with Crippen LogP contribution in [0, 0.1) is 5.82 Å². The molecule has 3 nitrogen and oxygen atoms in total. The fraction of sp³-hybridized carbons (Fsp3) is 0.375. The van der Waals surface area contributed by atoms with Crippen molar-refractivity contribution >= 4 is 23.4 Å². The number of aromatic amines is 1. The van der Waals surface area contributed by atoms with Crippen LogP contribution in [0.15, 0.2) is 34.2 Å². The van der Waals surface area contributed by atoms with E-state index in [-0.39, 0.29) is 5.56 Å². The van der Waals surface area contributed by atoms with E-state index >= 15 is 0 Å². The number of halogens is 2. The molecule has 0 unspecified atom stereocenters. The predicted molar refractivity (Wildman–Crippen MR) is 89.4 cm³/mol. The van der Waals surface area contributed by atoms with Crippen LogP contribution in [0.5, 0.6) is 0 Å². The molecule has 118 valence electrons. The summed E-state index contributed by atoms with van der Waals surface area (Å²) in [6, 6.07) is 5.95. The smallest absolute Gasteiger partial charge is 0.251 e. The van der Waals surface area contributed by atoms with Gasteiger partial charge < -0.3 is 4.98 Å². The van der Waals surface area contributed by atoms with Crippen molar-refractivity contribution in [3.8, 4) is 0 Å². The van der Waals surface area contributed by atoms with Crippen molar-refractivity contribution in [2.24, 2.45) is 0 Å². The number of aromatic nitrogens is 2. The summed E-state index contributed by atoms with van der Waals surface area (Å²) in [7, 11) is 0. The normalized spacial score (nSPS) is 13.9. The first-order chi connectivity index (χ1) is 10.4. The Morgan fingerprint density at radius 3 is 2.77 bits per heavy atom. The van der Waals surface area contributed by atoms with Gasteiger partial charge in [0.2, 0.25) is 0 Å². The van der Waals surface area contributed by atoms with Crippen molar-refractivity contribution in [3.05, 3.63) is 56.7 Å². The summed E-state index contributed by atoms with van der Waals surface area (Å²) in [5.41, 5.74) is 0.637. The van der Waals surface area contributed by atoms with Gasteiger partial charge in [-0.1, -0.05) is 50.2 Å². The number of benzene rings is 1. The van der Waals surface area contributed by atoms with E-state index in [0.717, 1.165) is 6.42 Å². The topological polar surface area (TPSA) is 45.8 Å². The Kier molecular flexibility index (Phi) is 5.64. The van der Waals surface area contributed by atoms with Crippen LogP contribution < -0.4 is 5.56 Å². The van der Waals surface area contributed by atoms with Gasteiger partial charge in [-0.25, -0.2) is 9.37 Å². The maximum Gasteiger partial charge on any atom is 0.251 e. The third-order valence-electron chi connectivity index (χ3n) is 3.50. The average molecular weight is 341 g/mol. The van der Waals surface area contributed by atoms with E-state index in [4.69, 9.17) is 11.6 Å². The summed E-state index contributed by atoms with van der Waals surface area (Å²) >= 11 is 7.60. The molecule has 22 heavy (non-hydrogen) atoms. The van der Waals surface area contributed by atoms with E-state index in [1.807, 2.05) is 0 Å². The molecule has 1 heterocycles. The zero-order chi connectivity index (χ0) is 16.3. The SMILES string of the molecule is CC[C@@H](C)Sc1nc([C@H](C)c2c(F)cccc2Cl)cc(=O)[nH]1. The number of nitrogens with one attached hydrogen (secondary N) is 1. The number of H-pyrrole nitrogens is 1. The molecule has 0 bridgehead atoms. The van der Waals surface area contributed by atoms with Gasteiger partial charge >= 0.3 is 0 Å². The monoisotopic (exact) mass is 340 g/mol. The van der Waals surface area contributed by atoms with Crippen LogP contribution in [0.25, 0.3) is 0 Å². The minimum absolute atomic E-state index is 0.241. The molecule has 0 spiro atoms. The molecule has 1 aromatic heterocycles. The highest BCUT2D eigenvalue weighted by Crippen LogP contribution is 2.31. The lowest BCUT2D eigenvalue weighted by Gasteiger charge is -2.15. The maximum atomic E-state index is 14.0. The summed E-state index contributed by atoms with van der Waals surface area (Å²) in [5, 5.41) is 1.23. The average Bonchev–Trinajstić information content (AvgIpc) is 2.46. The lowest BCUT2D eigenvalue weighted by molar-refractivity contribution is 0.599. The van der Waals surface area contributed by atoms with E-state index in [1.165, 1.54) is 23.9 Å². The van der Waals surface area contributed by atoms with Crippen LogP contribution in [0.2, 0.25) is 5.02 Å². The van der Waals surface area contributed by atoms with Crippen molar-refractivity contribution in [2.45, 2.75) is 43.5 Å². The van der Waals surface area contributed by atoms with Crippen molar-refractivity contribution in [1.82, 2.24) is 9.97 Å². The van der Waals surface area contributed by atoms with Gasteiger partial charge in [-0.3, -0.25) is 4.79 Å². The van der Waals surface area contributed by atoms with Crippen molar-refractivity contribution in [1.29, 1.82) is 0 Å². The molecule has 0 saturated heterocycles. The summed E-state index contributed by atoms with van der Waals surface area (Å²) in [5.74, 6) is -0.787. The highest BCUT2D eigenvalue weighted by Gasteiger charge is 2.19. The van der Waals surface area contributed by atoms with Crippen molar-refractivity contribution in [2.75, 3.05) is 0 Å². The van der Waals surface area contributed by atoms with Crippen LogP contribution in [-0.2, 0) is 0 Å². The molecule has 0 aliphatic carbocycles. The lowest BCUT2D eigenvalue weighted by atomic mass is 9.97. The zero-order valence-electron chi connectivity index (χ0n) is 12.7. The van der Waals surface area contributed by atoms with Gasteiger partial charge in [-0.15, -0.1) is 0 Å². The summed E-state index contributed by atoms with van der Waals surface area (Å²) in [6.45, 7) is 5.93. The maximum absolute atomic E-state index is 14.0. The Morgan fingerprint density at radius 1 is 1.41 bits per heavy atom. The third kappa shape index (κ3) is 3.90. The van der Waals surface area contributed by atoms with Crippen LogP contribution >= 0.6 is 23.4 Å². The molecule has 1 N–H and O–H groups in total. The molecule has 1 aromatic carbocycles. The molecule has 0 aliphatic heterocycles. The zero-order valence-corrected chi connectivity index (χ0v) is 14.3. The van der Waals surface area contributed by atoms with E-state index in [9.17, 15) is 9.18 Å². The van der Waals surface area contributed by atoms with Gasteiger partial charge in [0.25, 0.3) is 5.56 Å². The number of hydrogen-bond donors (Lipinski definition) is 1. The Hall–Kier alpha value is -1.33. The highest BCUT2D eigenvalue weighted by atomic mass is 35.5. The molecule has 0 saturated carbocycles. The van der Waals surface area contributed by atoms with Crippen molar-refractivity contribution < 1.29 is 4.39 Å². The van der Waals surface area contributed by atoms with Gasteiger partial charge in [0, 0.05) is 27.8 Å². The van der Waals surface area contributed by atoms with Crippen LogP contribution in [-0.4, -0.2) is 15.2 Å². The third-order valence-corrected chi connectivity index (χ3v) is 4.99. The number of rotatable bonds is 5. The Labute approximate surface area is 138 Å². The first-order valence-electron chi connectivity index (χ1n) is 7.14. The lowest BCUT2D eigenvalue weighted by Crippen LogP contribution is -2.14. The molecule has 6 heteroatoms. The van der Waals surface area contributed by atoms with Crippen LogP contribution in [0.4, 0.5) is 4.39 Å². The Balaban J connectivity index is 2.41.